The Hall–Kier alpha value is -1.59. The molecule has 1 N–H and O–H groups in total. The molecule has 6 heteroatoms. The highest BCUT2D eigenvalue weighted by atomic mass is 15.3. The molecular formula is C17H32N6. The Kier molecular flexibility index (Phi) is 6.42. The quantitative estimate of drug-likeness (QED) is 0.645. The molecule has 0 amide bonds. The minimum absolute atomic E-state index is 0.425. The summed E-state index contributed by atoms with van der Waals surface area (Å²) in [5.74, 6) is 2.06. The molecule has 130 valence electrons. The van der Waals surface area contributed by atoms with Gasteiger partial charge in [0.15, 0.2) is 5.96 Å². The summed E-state index contributed by atoms with van der Waals surface area (Å²) < 4.78 is 2.11. The Labute approximate surface area is 140 Å². The molecule has 2 heterocycles. The molecule has 0 spiro atoms. The first-order valence-electron chi connectivity index (χ1n) is 8.94. The van der Waals surface area contributed by atoms with E-state index in [0.29, 0.717) is 5.41 Å². The second-order valence-electron chi connectivity index (χ2n) is 6.85. The predicted molar refractivity (Wildman–Crippen MR) is 94.6 cm³/mol. The second kappa shape index (κ2) is 8.31. The number of nitrogens with zero attached hydrogens (tertiary/aromatic N) is 5. The number of aliphatic imine (C=N–C) groups is 1. The first kappa shape index (κ1) is 17.8. The standard InChI is InChI=1S/C17H32N6/c1-5-8-17(3)9-7-11-22(13-17)16(18-4)19-10-12-23-14-20-21-15(23)6-2/h14H,5-13H2,1-4H3,(H,18,19). The van der Waals surface area contributed by atoms with E-state index in [1.165, 1.54) is 25.7 Å². The fourth-order valence-corrected chi connectivity index (χ4v) is 3.66. The summed E-state index contributed by atoms with van der Waals surface area (Å²) in [4.78, 5) is 6.91. The maximum atomic E-state index is 4.49. The zero-order valence-corrected chi connectivity index (χ0v) is 15.2. The van der Waals surface area contributed by atoms with Crippen molar-refractivity contribution in [2.24, 2.45) is 10.4 Å². The Morgan fingerprint density at radius 2 is 2.26 bits per heavy atom. The highest BCUT2D eigenvalue weighted by Gasteiger charge is 2.31. The van der Waals surface area contributed by atoms with E-state index < -0.39 is 0 Å². The number of rotatable bonds is 6. The summed E-state index contributed by atoms with van der Waals surface area (Å²) in [5, 5.41) is 11.6. The lowest BCUT2D eigenvalue weighted by atomic mass is 9.78. The van der Waals surface area contributed by atoms with Crippen molar-refractivity contribution in [2.45, 2.75) is 59.4 Å². The first-order valence-corrected chi connectivity index (χ1v) is 8.94. The lowest BCUT2D eigenvalue weighted by Gasteiger charge is -2.42. The average Bonchev–Trinajstić information content (AvgIpc) is 2.99. The highest BCUT2D eigenvalue weighted by molar-refractivity contribution is 5.80. The largest absolute Gasteiger partial charge is 0.354 e. The Balaban J connectivity index is 1.87. The van der Waals surface area contributed by atoms with Crippen LogP contribution in [0.25, 0.3) is 0 Å². The van der Waals surface area contributed by atoms with Crippen LogP contribution in [0.3, 0.4) is 0 Å². The molecule has 1 unspecified atom stereocenters. The maximum absolute atomic E-state index is 4.49. The van der Waals surface area contributed by atoms with E-state index in [9.17, 15) is 0 Å². The SMILES string of the molecule is CCCC1(C)CCCN(C(=NC)NCCn2cnnc2CC)C1. The zero-order valence-electron chi connectivity index (χ0n) is 15.2. The molecule has 2 rings (SSSR count). The van der Waals surface area contributed by atoms with Crippen molar-refractivity contribution in [3.8, 4) is 0 Å². The number of nitrogens with one attached hydrogen (secondary N) is 1. The summed E-state index contributed by atoms with van der Waals surface area (Å²) in [6.07, 6.45) is 7.85. The van der Waals surface area contributed by atoms with Crippen molar-refractivity contribution in [1.29, 1.82) is 0 Å². The summed E-state index contributed by atoms with van der Waals surface area (Å²) in [7, 11) is 1.88. The topological polar surface area (TPSA) is 58.3 Å². The molecule has 6 nitrogen and oxygen atoms in total. The fourth-order valence-electron chi connectivity index (χ4n) is 3.66. The van der Waals surface area contributed by atoms with Crippen LogP contribution in [-0.4, -0.2) is 52.3 Å². The van der Waals surface area contributed by atoms with E-state index in [1.54, 1.807) is 0 Å². The molecule has 0 aliphatic carbocycles. The summed E-state index contributed by atoms with van der Waals surface area (Å²) in [5.41, 5.74) is 0.425. The third kappa shape index (κ3) is 4.69. The molecule has 1 atom stereocenters. The minimum atomic E-state index is 0.425. The molecule has 1 aromatic rings. The van der Waals surface area contributed by atoms with Crippen LogP contribution in [-0.2, 0) is 13.0 Å². The van der Waals surface area contributed by atoms with E-state index >= 15 is 0 Å². The number of hydrogen-bond acceptors (Lipinski definition) is 3. The first-order chi connectivity index (χ1) is 11.1. The number of aryl methyl sites for hydroxylation is 1. The van der Waals surface area contributed by atoms with Gasteiger partial charge in [-0.2, -0.15) is 0 Å². The molecule has 0 saturated carbocycles. The second-order valence-corrected chi connectivity index (χ2v) is 6.85. The van der Waals surface area contributed by atoms with Crippen LogP contribution in [0, 0.1) is 5.41 Å². The van der Waals surface area contributed by atoms with Crippen molar-refractivity contribution in [1.82, 2.24) is 25.0 Å². The maximum Gasteiger partial charge on any atom is 0.193 e. The third-order valence-corrected chi connectivity index (χ3v) is 4.79. The van der Waals surface area contributed by atoms with E-state index in [2.05, 4.69) is 50.7 Å². The monoisotopic (exact) mass is 320 g/mol. The van der Waals surface area contributed by atoms with Crippen LogP contribution in [0.2, 0.25) is 0 Å². The zero-order chi connectivity index (χ0) is 16.7. The van der Waals surface area contributed by atoms with Crippen LogP contribution in [0.15, 0.2) is 11.3 Å². The molecule has 23 heavy (non-hydrogen) atoms. The van der Waals surface area contributed by atoms with Crippen LogP contribution >= 0.6 is 0 Å². The van der Waals surface area contributed by atoms with Gasteiger partial charge in [0.05, 0.1) is 0 Å². The van der Waals surface area contributed by atoms with E-state index in [1.807, 2.05) is 13.4 Å². The van der Waals surface area contributed by atoms with Gasteiger partial charge in [-0.05, 0) is 24.7 Å². The van der Waals surface area contributed by atoms with Crippen molar-refractivity contribution >= 4 is 5.96 Å². The lowest BCUT2D eigenvalue weighted by molar-refractivity contribution is 0.142. The number of likely N-dealkylation sites (tertiary alicyclic amines) is 1. The van der Waals surface area contributed by atoms with Gasteiger partial charge in [-0.3, -0.25) is 4.99 Å². The molecule has 1 aliphatic heterocycles. The normalized spacial score (nSPS) is 22.4. The Morgan fingerprint density at radius 1 is 1.43 bits per heavy atom. The third-order valence-electron chi connectivity index (χ3n) is 4.79. The molecule has 1 aliphatic rings. The molecule has 0 aromatic carbocycles. The molecule has 1 fully saturated rings. The average molecular weight is 320 g/mol. The van der Waals surface area contributed by atoms with Gasteiger partial charge < -0.3 is 14.8 Å². The van der Waals surface area contributed by atoms with Gasteiger partial charge in [-0.25, -0.2) is 0 Å². The number of piperidine rings is 1. The minimum Gasteiger partial charge on any atom is -0.354 e. The van der Waals surface area contributed by atoms with Gasteiger partial charge in [0.2, 0.25) is 0 Å². The number of aromatic nitrogens is 3. The predicted octanol–water partition coefficient (Wildman–Crippen LogP) is 2.32. The summed E-state index contributed by atoms with van der Waals surface area (Å²) in [6, 6.07) is 0. The van der Waals surface area contributed by atoms with E-state index in [4.69, 9.17) is 0 Å². The summed E-state index contributed by atoms with van der Waals surface area (Å²) >= 11 is 0. The molecule has 0 radical (unpaired) electrons. The van der Waals surface area contributed by atoms with Gasteiger partial charge in [-0.1, -0.05) is 27.2 Å². The van der Waals surface area contributed by atoms with Gasteiger partial charge in [0, 0.05) is 39.6 Å². The lowest BCUT2D eigenvalue weighted by Crippen LogP contribution is -2.50. The highest BCUT2D eigenvalue weighted by Crippen LogP contribution is 2.33. The van der Waals surface area contributed by atoms with Crippen LogP contribution in [0.5, 0.6) is 0 Å². The van der Waals surface area contributed by atoms with Crippen molar-refractivity contribution < 1.29 is 0 Å². The van der Waals surface area contributed by atoms with Gasteiger partial charge in [0.25, 0.3) is 0 Å². The molecule has 1 saturated heterocycles. The van der Waals surface area contributed by atoms with Gasteiger partial charge in [0.1, 0.15) is 12.2 Å². The van der Waals surface area contributed by atoms with Crippen molar-refractivity contribution in [3.05, 3.63) is 12.2 Å². The molecule has 0 bridgehead atoms. The van der Waals surface area contributed by atoms with Gasteiger partial charge >= 0.3 is 0 Å². The number of hydrogen-bond donors (Lipinski definition) is 1. The van der Waals surface area contributed by atoms with Crippen molar-refractivity contribution in [3.63, 3.8) is 0 Å². The van der Waals surface area contributed by atoms with E-state index in [-0.39, 0.29) is 0 Å². The number of guanidine groups is 1. The van der Waals surface area contributed by atoms with E-state index in [0.717, 1.165) is 44.4 Å². The smallest absolute Gasteiger partial charge is 0.193 e. The van der Waals surface area contributed by atoms with Crippen molar-refractivity contribution in [2.75, 3.05) is 26.7 Å². The molecular weight excluding hydrogens is 288 g/mol. The molecule has 1 aromatic heterocycles. The fraction of sp³-hybridized carbons (Fsp3) is 0.824. The van der Waals surface area contributed by atoms with Crippen LogP contribution < -0.4 is 5.32 Å². The Bertz CT molecular complexity index is 505. The van der Waals surface area contributed by atoms with Crippen LogP contribution in [0.4, 0.5) is 0 Å². The Morgan fingerprint density at radius 3 is 2.96 bits per heavy atom. The van der Waals surface area contributed by atoms with Gasteiger partial charge in [-0.15, -0.1) is 10.2 Å². The summed E-state index contributed by atoms with van der Waals surface area (Å²) in [6.45, 7) is 10.7. The van der Waals surface area contributed by atoms with Crippen LogP contribution in [0.1, 0.15) is 52.3 Å².